The maximum atomic E-state index is 12.7. The van der Waals surface area contributed by atoms with E-state index in [9.17, 15) is 4.79 Å². The topological polar surface area (TPSA) is 102 Å². The van der Waals surface area contributed by atoms with Crippen LogP contribution in [0.5, 0.6) is 5.88 Å². The summed E-state index contributed by atoms with van der Waals surface area (Å²) in [7, 11) is 0. The second-order valence-corrected chi connectivity index (χ2v) is 6.56. The summed E-state index contributed by atoms with van der Waals surface area (Å²) in [5.41, 5.74) is 2.67. The molecule has 1 atom stereocenters. The number of amides is 1. The van der Waals surface area contributed by atoms with E-state index in [0.717, 1.165) is 11.1 Å². The van der Waals surface area contributed by atoms with Gasteiger partial charge in [-0.15, -0.1) is 0 Å². The predicted octanol–water partition coefficient (Wildman–Crippen LogP) is 3.50. The molecule has 1 aromatic heterocycles. The van der Waals surface area contributed by atoms with Crippen LogP contribution in [0.1, 0.15) is 42.0 Å². The van der Waals surface area contributed by atoms with Crippen molar-refractivity contribution in [3.63, 3.8) is 0 Å². The first kappa shape index (κ1) is 19.8. The zero-order valence-electron chi connectivity index (χ0n) is 15.8. The molecule has 0 radical (unpaired) electrons. The molecule has 0 N–H and O–H groups in total. The van der Waals surface area contributed by atoms with Gasteiger partial charge in [0.1, 0.15) is 12.7 Å². The Hall–Kier alpha value is -3.97. The summed E-state index contributed by atoms with van der Waals surface area (Å²) in [6.07, 6.45) is 4.50. The summed E-state index contributed by atoms with van der Waals surface area (Å²) in [5.74, 6) is 0.293. The molecule has 0 spiro atoms. The molecule has 7 heteroatoms. The number of aromatic nitrogens is 1. The lowest BCUT2D eigenvalue weighted by atomic mass is 10.0. The van der Waals surface area contributed by atoms with E-state index in [1.807, 2.05) is 18.2 Å². The van der Waals surface area contributed by atoms with Gasteiger partial charge in [0.15, 0.2) is 0 Å². The van der Waals surface area contributed by atoms with Gasteiger partial charge >= 0.3 is 0 Å². The van der Waals surface area contributed by atoms with Crippen molar-refractivity contribution in [2.24, 2.45) is 5.10 Å². The van der Waals surface area contributed by atoms with Crippen molar-refractivity contribution < 1.29 is 9.53 Å². The third-order valence-corrected chi connectivity index (χ3v) is 4.47. The number of pyridine rings is 1. The zero-order chi connectivity index (χ0) is 20.6. The van der Waals surface area contributed by atoms with Crippen LogP contribution >= 0.6 is 0 Å². The lowest BCUT2D eigenvalue weighted by molar-refractivity contribution is -0.133. The van der Waals surface area contributed by atoms with Gasteiger partial charge in [-0.25, -0.2) is 9.99 Å². The number of benzene rings is 1. The number of carbonyl (C=O) groups is 1. The first-order chi connectivity index (χ1) is 14.1. The number of rotatable bonds is 7. The second-order valence-electron chi connectivity index (χ2n) is 6.56. The van der Waals surface area contributed by atoms with E-state index < -0.39 is 0 Å². The maximum absolute atomic E-state index is 12.7. The predicted molar refractivity (Wildman–Crippen MR) is 107 cm³/mol. The van der Waals surface area contributed by atoms with E-state index in [1.165, 1.54) is 11.2 Å². The molecule has 1 aromatic carbocycles. The Morgan fingerprint density at radius 1 is 1.21 bits per heavy atom. The lowest BCUT2D eigenvalue weighted by Crippen LogP contribution is -2.27. The highest BCUT2D eigenvalue weighted by Crippen LogP contribution is 2.29. The summed E-state index contributed by atoms with van der Waals surface area (Å²) in [5, 5.41) is 23.5. The van der Waals surface area contributed by atoms with Crippen molar-refractivity contribution in [1.29, 1.82) is 10.5 Å². The highest BCUT2D eigenvalue weighted by Gasteiger charge is 2.28. The van der Waals surface area contributed by atoms with Crippen molar-refractivity contribution in [3.8, 4) is 18.0 Å². The number of hydrogen-bond donors (Lipinski definition) is 0. The van der Waals surface area contributed by atoms with Crippen LogP contribution in [0.4, 0.5) is 0 Å². The number of ether oxygens (including phenoxy) is 1. The minimum atomic E-state index is -0.192. The highest BCUT2D eigenvalue weighted by atomic mass is 16.5. The normalized spacial score (nSPS) is 14.8. The largest absolute Gasteiger partial charge is 0.473 e. The van der Waals surface area contributed by atoms with Gasteiger partial charge in [0, 0.05) is 31.3 Å². The van der Waals surface area contributed by atoms with E-state index in [-0.39, 0.29) is 25.0 Å². The summed E-state index contributed by atoms with van der Waals surface area (Å²) >= 11 is 0. The maximum Gasteiger partial charge on any atom is 0.243 e. The molecule has 1 amide bonds. The number of nitrogens with zero attached hydrogens (tertiary/aromatic N) is 5. The van der Waals surface area contributed by atoms with Gasteiger partial charge in [0.05, 0.1) is 23.2 Å². The fourth-order valence-corrected chi connectivity index (χ4v) is 2.92. The summed E-state index contributed by atoms with van der Waals surface area (Å²) in [6.45, 7) is 4.19. The Labute approximate surface area is 169 Å². The molecule has 2 aromatic rings. The molecule has 29 heavy (non-hydrogen) atoms. The Bertz CT molecular complexity index is 1010. The van der Waals surface area contributed by atoms with Crippen molar-refractivity contribution >= 4 is 12.1 Å². The minimum Gasteiger partial charge on any atom is -0.473 e. The molecule has 3 rings (SSSR count). The molecule has 144 valence electrons. The van der Waals surface area contributed by atoms with Crippen molar-refractivity contribution in [2.75, 3.05) is 6.61 Å². The molecular weight excluding hydrogens is 366 g/mol. The van der Waals surface area contributed by atoms with Crippen molar-refractivity contribution in [2.45, 2.75) is 25.3 Å². The standard InChI is InChI=1S/C22H19N5O2/c1-16(15-29-21-7-6-18(13-24)14-25-21)5-8-22(28)27-20(9-10-26-27)19-4-2-3-17(11-19)12-23/h2-4,6-7,10-11,14,20H,1,5,8-9,15H2. The van der Waals surface area contributed by atoms with Gasteiger partial charge < -0.3 is 4.74 Å². The second kappa shape index (κ2) is 9.29. The molecule has 2 heterocycles. The molecule has 1 aliphatic heterocycles. The van der Waals surface area contributed by atoms with Crippen LogP contribution < -0.4 is 4.74 Å². The molecule has 7 nitrogen and oxygen atoms in total. The van der Waals surface area contributed by atoms with Crippen LogP contribution in [0.2, 0.25) is 0 Å². The molecule has 0 saturated heterocycles. The highest BCUT2D eigenvalue weighted by molar-refractivity contribution is 5.80. The Kier molecular flexibility index (Phi) is 6.34. The minimum absolute atomic E-state index is 0.108. The number of nitriles is 2. The van der Waals surface area contributed by atoms with E-state index in [1.54, 1.807) is 30.5 Å². The van der Waals surface area contributed by atoms with E-state index >= 15 is 0 Å². The van der Waals surface area contributed by atoms with E-state index in [0.29, 0.717) is 29.8 Å². The van der Waals surface area contributed by atoms with Gasteiger partial charge in [0.25, 0.3) is 0 Å². The fourth-order valence-electron chi connectivity index (χ4n) is 2.92. The van der Waals surface area contributed by atoms with Gasteiger partial charge in [-0.1, -0.05) is 18.7 Å². The molecule has 0 bridgehead atoms. The van der Waals surface area contributed by atoms with E-state index in [4.69, 9.17) is 15.3 Å². The summed E-state index contributed by atoms with van der Waals surface area (Å²) < 4.78 is 5.54. The quantitative estimate of drug-likeness (QED) is 0.679. The van der Waals surface area contributed by atoms with Gasteiger partial charge in [0.2, 0.25) is 11.8 Å². The van der Waals surface area contributed by atoms with Crippen LogP contribution in [0.3, 0.4) is 0 Å². The van der Waals surface area contributed by atoms with Gasteiger partial charge in [-0.05, 0) is 35.8 Å². The third kappa shape index (κ3) is 5.06. The Balaban J connectivity index is 1.51. The average molecular weight is 385 g/mol. The first-order valence-electron chi connectivity index (χ1n) is 9.11. The molecule has 0 aliphatic carbocycles. The summed E-state index contributed by atoms with van der Waals surface area (Å²) in [6, 6.07) is 14.4. The molecular formula is C22H19N5O2. The van der Waals surface area contributed by atoms with Crippen molar-refractivity contribution in [3.05, 3.63) is 71.4 Å². The summed E-state index contributed by atoms with van der Waals surface area (Å²) in [4.78, 5) is 16.7. The smallest absolute Gasteiger partial charge is 0.243 e. The van der Waals surface area contributed by atoms with Gasteiger partial charge in [-0.3, -0.25) is 4.79 Å². The van der Waals surface area contributed by atoms with Crippen LogP contribution in [-0.2, 0) is 4.79 Å². The van der Waals surface area contributed by atoms with Gasteiger partial charge in [-0.2, -0.15) is 15.6 Å². The Morgan fingerprint density at radius 3 is 2.76 bits per heavy atom. The number of hydrogen-bond acceptors (Lipinski definition) is 6. The Morgan fingerprint density at radius 2 is 2.03 bits per heavy atom. The lowest BCUT2D eigenvalue weighted by Gasteiger charge is -2.22. The molecule has 1 unspecified atom stereocenters. The molecule has 0 saturated carbocycles. The third-order valence-electron chi connectivity index (χ3n) is 4.47. The fraction of sp³-hybridized carbons (Fsp3) is 0.227. The zero-order valence-corrected chi connectivity index (χ0v) is 15.8. The molecule has 1 aliphatic rings. The van der Waals surface area contributed by atoms with E-state index in [2.05, 4.69) is 22.7 Å². The number of carbonyl (C=O) groups excluding carboxylic acids is 1. The average Bonchev–Trinajstić information content (AvgIpc) is 3.26. The SMILES string of the molecule is C=C(CCC(=O)N1N=CCC1c1cccc(C#N)c1)COc1ccc(C#N)cn1. The van der Waals surface area contributed by atoms with Crippen LogP contribution in [0.15, 0.2) is 59.8 Å². The van der Waals surface area contributed by atoms with Crippen molar-refractivity contribution in [1.82, 2.24) is 9.99 Å². The van der Waals surface area contributed by atoms with Crippen LogP contribution in [-0.4, -0.2) is 28.7 Å². The van der Waals surface area contributed by atoms with Crippen LogP contribution in [0, 0.1) is 22.7 Å². The monoisotopic (exact) mass is 385 g/mol. The first-order valence-corrected chi connectivity index (χ1v) is 9.11. The molecule has 0 fully saturated rings. The number of hydrazone groups is 1. The van der Waals surface area contributed by atoms with Crippen LogP contribution in [0.25, 0.3) is 0 Å².